The van der Waals surface area contributed by atoms with Gasteiger partial charge in [-0.05, 0) is 53.4 Å². The molecule has 3 aromatic carbocycles. The molecule has 0 radical (unpaired) electrons. The number of amides is 2. The van der Waals surface area contributed by atoms with Crippen LogP contribution in [0.3, 0.4) is 0 Å². The van der Waals surface area contributed by atoms with Crippen LogP contribution in [0.5, 0.6) is 0 Å². The number of urea groups is 1. The molecule has 1 aliphatic rings. The third-order valence-corrected chi connectivity index (χ3v) is 5.97. The van der Waals surface area contributed by atoms with E-state index in [1.165, 1.54) is 0 Å². The van der Waals surface area contributed by atoms with E-state index in [2.05, 4.69) is 32.8 Å². The lowest BCUT2D eigenvalue weighted by molar-refractivity contribution is 0.0343. The first-order valence-corrected chi connectivity index (χ1v) is 11.3. The molecular formula is C26H27N5O3. The number of rotatable bonds is 5. The zero-order valence-corrected chi connectivity index (χ0v) is 19.0. The maximum atomic E-state index is 12.4. The number of hydrogen-bond donors (Lipinski definition) is 3. The monoisotopic (exact) mass is 457 g/mol. The van der Waals surface area contributed by atoms with Gasteiger partial charge < -0.3 is 25.6 Å². The van der Waals surface area contributed by atoms with Crippen molar-refractivity contribution >= 4 is 34.2 Å². The summed E-state index contributed by atoms with van der Waals surface area (Å²) in [5.41, 5.74) is 12.4. The molecule has 5 rings (SSSR count). The number of anilines is 3. The first-order chi connectivity index (χ1) is 16.6. The predicted octanol–water partition coefficient (Wildman–Crippen LogP) is 4.86. The largest absolute Gasteiger partial charge is 0.379 e. The second kappa shape index (κ2) is 9.54. The highest BCUT2D eigenvalue weighted by atomic mass is 16.5. The highest BCUT2D eigenvalue weighted by Crippen LogP contribution is 2.35. The minimum Gasteiger partial charge on any atom is -0.379 e. The van der Waals surface area contributed by atoms with Gasteiger partial charge in [-0.15, -0.1) is 0 Å². The molecule has 1 saturated heterocycles. The zero-order chi connectivity index (χ0) is 23.5. The number of aryl methyl sites for hydroxylation is 1. The van der Waals surface area contributed by atoms with E-state index in [0.717, 1.165) is 71.7 Å². The van der Waals surface area contributed by atoms with Gasteiger partial charge in [0.25, 0.3) is 0 Å². The van der Waals surface area contributed by atoms with E-state index in [9.17, 15) is 4.79 Å². The number of carbonyl (C=O) groups is 1. The lowest BCUT2D eigenvalue weighted by atomic mass is 9.98. The number of ether oxygens (including phenoxy) is 1. The fourth-order valence-electron chi connectivity index (χ4n) is 4.25. The molecule has 1 aromatic heterocycles. The molecule has 1 fully saturated rings. The van der Waals surface area contributed by atoms with Gasteiger partial charge >= 0.3 is 6.03 Å². The molecule has 0 unspecified atom stereocenters. The van der Waals surface area contributed by atoms with Crippen molar-refractivity contribution in [3.8, 4) is 11.1 Å². The maximum absolute atomic E-state index is 12.4. The number of benzene rings is 3. The summed E-state index contributed by atoms with van der Waals surface area (Å²) in [4.78, 5) is 14.7. The summed E-state index contributed by atoms with van der Waals surface area (Å²) in [6.45, 7) is 6.02. The van der Waals surface area contributed by atoms with Gasteiger partial charge in [0.15, 0.2) is 0 Å². The lowest BCUT2D eigenvalue weighted by Gasteiger charge is -2.26. The van der Waals surface area contributed by atoms with E-state index < -0.39 is 0 Å². The van der Waals surface area contributed by atoms with Crippen LogP contribution in [0.25, 0.3) is 22.0 Å². The van der Waals surface area contributed by atoms with Crippen molar-refractivity contribution in [3.05, 3.63) is 71.8 Å². The highest BCUT2D eigenvalue weighted by Gasteiger charge is 2.18. The second-order valence-corrected chi connectivity index (χ2v) is 8.46. The minimum atomic E-state index is -0.295. The van der Waals surface area contributed by atoms with Gasteiger partial charge in [0.05, 0.1) is 18.6 Å². The summed E-state index contributed by atoms with van der Waals surface area (Å²) in [5.74, 6) is 0.300. The number of morpholine rings is 1. The number of nitrogens with zero attached hydrogens (tertiary/aromatic N) is 2. The lowest BCUT2D eigenvalue weighted by Crippen LogP contribution is -2.35. The molecule has 0 atom stereocenters. The van der Waals surface area contributed by atoms with Crippen LogP contribution in [-0.4, -0.2) is 42.4 Å². The summed E-state index contributed by atoms with van der Waals surface area (Å²) < 4.78 is 10.8. The Labute approximate surface area is 197 Å². The summed E-state index contributed by atoms with van der Waals surface area (Å²) >= 11 is 0. The van der Waals surface area contributed by atoms with Gasteiger partial charge in [-0.25, -0.2) is 4.79 Å². The molecular weight excluding hydrogens is 430 g/mol. The van der Waals surface area contributed by atoms with Gasteiger partial charge in [0.2, 0.25) is 5.88 Å². The minimum absolute atomic E-state index is 0.295. The normalized spacial score (nSPS) is 14.3. The SMILES string of the molecule is Cc1cccc(NC(=O)Nc2ccc(-c3ccc(CN4CCOCC4)c4noc(N)c34)cc2)c1. The first-order valence-electron chi connectivity index (χ1n) is 11.3. The Balaban J connectivity index is 1.34. The Morgan fingerprint density at radius 2 is 1.79 bits per heavy atom. The van der Waals surface area contributed by atoms with Crippen molar-refractivity contribution in [3.63, 3.8) is 0 Å². The van der Waals surface area contributed by atoms with E-state index in [1.807, 2.05) is 55.5 Å². The van der Waals surface area contributed by atoms with E-state index in [-0.39, 0.29) is 6.03 Å². The molecule has 0 bridgehead atoms. The second-order valence-electron chi connectivity index (χ2n) is 8.46. The molecule has 34 heavy (non-hydrogen) atoms. The van der Waals surface area contributed by atoms with Gasteiger partial charge in [0.1, 0.15) is 5.52 Å². The summed E-state index contributed by atoms with van der Waals surface area (Å²) in [7, 11) is 0. The number of hydrogen-bond acceptors (Lipinski definition) is 6. The molecule has 0 saturated carbocycles. The molecule has 174 valence electrons. The quantitative estimate of drug-likeness (QED) is 0.395. The van der Waals surface area contributed by atoms with Gasteiger partial charge in [-0.3, -0.25) is 4.90 Å². The van der Waals surface area contributed by atoms with Crippen LogP contribution in [-0.2, 0) is 11.3 Å². The van der Waals surface area contributed by atoms with Gasteiger partial charge in [0, 0.05) is 31.0 Å². The number of carbonyl (C=O) groups excluding carboxylic acids is 1. The van der Waals surface area contributed by atoms with Crippen LogP contribution in [0.15, 0.2) is 65.2 Å². The molecule has 8 heteroatoms. The van der Waals surface area contributed by atoms with Crippen molar-refractivity contribution in [2.24, 2.45) is 0 Å². The average Bonchev–Trinajstić information content (AvgIpc) is 3.23. The van der Waals surface area contributed by atoms with E-state index in [1.54, 1.807) is 0 Å². The van der Waals surface area contributed by atoms with Crippen molar-refractivity contribution in [2.45, 2.75) is 13.5 Å². The number of nitrogen functional groups attached to an aromatic ring is 1. The van der Waals surface area contributed by atoms with Crippen molar-refractivity contribution in [1.29, 1.82) is 0 Å². The fraction of sp³-hybridized carbons (Fsp3) is 0.231. The number of nitrogens with one attached hydrogen (secondary N) is 2. The Kier molecular flexibility index (Phi) is 6.16. The van der Waals surface area contributed by atoms with Crippen LogP contribution in [0.2, 0.25) is 0 Å². The van der Waals surface area contributed by atoms with Crippen molar-refractivity contribution < 1.29 is 14.1 Å². The Bertz CT molecular complexity index is 1310. The average molecular weight is 458 g/mol. The van der Waals surface area contributed by atoms with Crippen LogP contribution in [0, 0.1) is 6.92 Å². The molecule has 0 spiro atoms. The van der Waals surface area contributed by atoms with Crippen LogP contribution < -0.4 is 16.4 Å². The predicted molar refractivity (Wildman–Crippen MR) is 134 cm³/mol. The van der Waals surface area contributed by atoms with Crippen molar-refractivity contribution in [2.75, 3.05) is 42.7 Å². The molecule has 8 nitrogen and oxygen atoms in total. The number of aromatic nitrogens is 1. The summed E-state index contributed by atoms with van der Waals surface area (Å²) in [6.07, 6.45) is 0. The number of nitrogens with two attached hydrogens (primary N) is 1. The molecule has 4 aromatic rings. The van der Waals surface area contributed by atoms with Crippen molar-refractivity contribution in [1.82, 2.24) is 10.1 Å². The third kappa shape index (κ3) is 4.73. The maximum Gasteiger partial charge on any atom is 0.323 e. The van der Waals surface area contributed by atoms with Crippen LogP contribution in [0.4, 0.5) is 22.1 Å². The molecule has 2 heterocycles. The topological polar surface area (TPSA) is 106 Å². The van der Waals surface area contributed by atoms with Crippen LogP contribution in [0.1, 0.15) is 11.1 Å². The molecule has 4 N–H and O–H groups in total. The van der Waals surface area contributed by atoms with E-state index >= 15 is 0 Å². The first kappa shape index (κ1) is 21.9. The Morgan fingerprint density at radius 1 is 1.03 bits per heavy atom. The Hall–Kier alpha value is -3.88. The zero-order valence-electron chi connectivity index (χ0n) is 19.0. The molecule has 1 aliphatic heterocycles. The molecule has 2 amide bonds. The standard InChI is InChI=1S/C26H27N5O3/c1-17-3-2-4-21(15-17)29-26(32)28-20-8-5-18(6-9-20)22-10-7-19(16-31-11-13-33-14-12-31)24-23(22)25(27)34-30-24/h2-10,15H,11-14,16,27H2,1H3,(H2,28,29,32). The third-order valence-electron chi connectivity index (χ3n) is 5.97. The fourth-order valence-corrected chi connectivity index (χ4v) is 4.25. The van der Waals surface area contributed by atoms with E-state index in [0.29, 0.717) is 11.6 Å². The summed E-state index contributed by atoms with van der Waals surface area (Å²) in [6, 6.07) is 19.1. The smallest absolute Gasteiger partial charge is 0.323 e. The summed E-state index contributed by atoms with van der Waals surface area (Å²) in [5, 5.41) is 10.8. The van der Waals surface area contributed by atoms with Gasteiger partial charge in [-0.1, -0.05) is 41.6 Å². The highest BCUT2D eigenvalue weighted by molar-refractivity contribution is 6.03. The molecule has 0 aliphatic carbocycles. The van der Waals surface area contributed by atoms with E-state index in [4.69, 9.17) is 15.0 Å². The Morgan fingerprint density at radius 3 is 2.56 bits per heavy atom. The number of fused-ring (bicyclic) bond motifs is 1. The van der Waals surface area contributed by atoms with Crippen LogP contribution >= 0.6 is 0 Å². The van der Waals surface area contributed by atoms with Gasteiger partial charge in [-0.2, -0.15) is 0 Å².